The van der Waals surface area contributed by atoms with Crippen molar-refractivity contribution in [2.75, 3.05) is 32.7 Å². The Morgan fingerprint density at radius 2 is 2.00 bits per heavy atom. The Hall–Kier alpha value is -1.79. The average molecular weight is 360 g/mol. The lowest BCUT2D eigenvalue weighted by Crippen LogP contribution is -2.39. The smallest absolute Gasteiger partial charge is 0.191 e. The van der Waals surface area contributed by atoms with Crippen LogP contribution in [0.15, 0.2) is 47.0 Å². The predicted octanol–water partition coefficient (Wildman–Crippen LogP) is 2.94. The molecule has 0 amide bonds. The van der Waals surface area contributed by atoms with E-state index in [1.165, 1.54) is 30.8 Å². The second-order valence-electron chi connectivity index (χ2n) is 6.34. The van der Waals surface area contributed by atoms with Crippen LogP contribution in [-0.4, -0.2) is 48.2 Å². The van der Waals surface area contributed by atoms with Gasteiger partial charge >= 0.3 is 0 Å². The first-order valence-corrected chi connectivity index (χ1v) is 10.1. The van der Waals surface area contributed by atoms with Crippen molar-refractivity contribution < 1.29 is 0 Å². The number of nitrogens with zero attached hydrogens (tertiary/aromatic N) is 3. The molecule has 2 N–H and O–H groups in total. The van der Waals surface area contributed by atoms with E-state index in [0.29, 0.717) is 6.04 Å². The van der Waals surface area contributed by atoms with Gasteiger partial charge in [-0.1, -0.05) is 6.07 Å². The Labute approximate surface area is 154 Å². The minimum absolute atomic E-state index is 0.405. The lowest BCUT2D eigenvalue weighted by molar-refractivity contribution is 0.255. The fraction of sp³-hybridized carbons (Fsp3) is 0.526. The monoisotopic (exact) mass is 359 g/mol. The summed E-state index contributed by atoms with van der Waals surface area (Å²) >= 11 is 1.84. The van der Waals surface area contributed by atoms with Gasteiger partial charge in [-0.15, -0.1) is 11.3 Å². The highest BCUT2D eigenvalue weighted by Crippen LogP contribution is 2.28. The molecule has 6 heteroatoms. The average Bonchev–Trinajstić information content (AvgIpc) is 3.38. The van der Waals surface area contributed by atoms with Crippen LogP contribution in [-0.2, 0) is 6.54 Å². The van der Waals surface area contributed by atoms with Gasteiger partial charge < -0.3 is 15.2 Å². The highest BCUT2D eigenvalue weighted by Gasteiger charge is 2.24. The van der Waals surface area contributed by atoms with Crippen LogP contribution < -0.4 is 10.6 Å². The standard InChI is InChI=1S/C19H29N5S/c1-2-20-19(21-9-14-23-10-3-4-11-23)22-16-17(18-8-7-15-25-18)24-12-5-6-13-24/h3-4,7-8,10-11,15,17H,2,5-6,9,12-14,16H2,1H3,(H2,20,21,22). The number of likely N-dealkylation sites (tertiary alicyclic amines) is 1. The molecule has 3 rings (SSSR count). The molecule has 1 fully saturated rings. The Bertz CT molecular complexity index is 614. The summed E-state index contributed by atoms with van der Waals surface area (Å²) in [5, 5.41) is 8.99. The lowest BCUT2D eigenvalue weighted by atomic mass is 10.2. The van der Waals surface area contributed by atoms with E-state index in [0.717, 1.165) is 32.1 Å². The minimum Gasteiger partial charge on any atom is -0.357 e. The summed E-state index contributed by atoms with van der Waals surface area (Å²) in [4.78, 5) is 8.89. The zero-order chi connectivity index (χ0) is 17.3. The molecular weight excluding hydrogens is 330 g/mol. The van der Waals surface area contributed by atoms with Gasteiger partial charge in [0, 0.05) is 36.9 Å². The first-order valence-electron chi connectivity index (χ1n) is 9.27. The number of nitrogens with one attached hydrogen (secondary N) is 2. The van der Waals surface area contributed by atoms with Crippen molar-refractivity contribution in [2.45, 2.75) is 32.4 Å². The van der Waals surface area contributed by atoms with E-state index in [-0.39, 0.29) is 0 Å². The fourth-order valence-electron chi connectivity index (χ4n) is 3.26. The zero-order valence-electron chi connectivity index (χ0n) is 15.0. The van der Waals surface area contributed by atoms with Crippen molar-refractivity contribution in [2.24, 2.45) is 4.99 Å². The molecular formula is C19H29N5S. The van der Waals surface area contributed by atoms with Gasteiger partial charge in [-0.3, -0.25) is 9.89 Å². The topological polar surface area (TPSA) is 44.6 Å². The van der Waals surface area contributed by atoms with Crippen molar-refractivity contribution in [1.29, 1.82) is 0 Å². The van der Waals surface area contributed by atoms with Crippen LogP contribution in [0.4, 0.5) is 0 Å². The SMILES string of the molecule is CCNC(=NCC(c1cccs1)N1CCCC1)NCCn1cccc1. The fourth-order valence-corrected chi connectivity index (χ4v) is 4.11. The number of aliphatic imine (C=N–C) groups is 1. The van der Waals surface area contributed by atoms with Crippen molar-refractivity contribution in [3.05, 3.63) is 46.9 Å². The first-order chi connectivity index (χ1) is 12.4. The normalized spacial score (nSPS) is 16.9. The van der Waals surface area contributed by atoms with E-state index >= 15 is 0 Å². The minimum atomic E-state index is 0.405. The van der Waals surface area contributed by atoms with Crippen LogP contribution in [0, 0.1) is 0 Å². The highest BCUT2D eigenvalue weighted by molar-refractivity contribution is 7.10. The van der Waals surface area contributed by atoms with Gasteiger partial charge in [0.05, 0.1) is 12.6 Å². The molecule has 1 unspecified atom stereocenters. The van der Waals surface area contributed by atoms with Crippen LogP contribution in [0.3, 0.4) is 0 Å². The van der Waals surface area contributed by atoms with Gasteiger partial charge in [0.25, 0.3) is 0 Å². The molecule has 0 saturated carbocycles. The van der Waals surface area contributed by atoms with Crippen molar-refractivity contribution in [3.63, 3.8) is 0 Å². The summed E-state index contributed by atoms with van der Waals surface area (Å²) in [6.45, 7) is 7.99. The highest BCUT2D eigenvalue weighted by atomic mass is 32.1. The Morgan fingerprint density at radius 1 is 1.20 bits per heavy atom. The van der Waals surface area contributed by atoms with Crippen LogP contribution in [0.1, 0.15) is 30.7 Å². The molecule has 0 radical (unpaired) electrons. The Balaban J connectivity index is 1.59. The molecule has 0 spiro atoms. The van der Waals surface area contributed by atoms with E-state index < -0.39 is 0 Å². The molecule has 0 aromatic carbocycles. The molecule has 5 nitrogen and oxygen atoms in total. The van der Waals surface area contributed by atoms with Crippen molar-refractivity contribution >= 4 is 17.3 Å². The summed E-state index contributed by atoms with van der Waals surface area (Å²) < 4.78 is 2.18. The van der Waals surface area contributed by atoms with Crippen molar-refractivity contribution in [1.82, 2.24) is 20.1 Å². The summed E-state index contributed by atoms with van der Waals surface area (Å²) in [5.41, 5.74) is 0. The molecule has 1 saturated heterocycles. The second kappa shape index (κ2) is 9.63. The molecule has 0 bridgehead atoms. The molecule has 2 aromatic heterocycles. The van der Waals surface area contributed by atoms with Gasteiger partial charge in [0.1, 0.15) is 0 Å². The number of aromatic nitrogens is 1. The number of hydrogen-bond acceptors (Lipinski definition) is 3. The Kier molecular flexibility index (Phi) is 6.94. The summed E-state index contributed by atoms with van der Waals surface area (Å²) in [6.07, 6.45) is 6.79. The quantitative estimate of drug-likeness (QED) is 0.563. The number of thiophene rings is 1. The maximum Gasteiger partial charge on any atom is 0.191 e. The molecule has 25 heavy (non-hydrogen) atoms. The van der Waals surface area contributed by atoms with E-state index in [1.807, 2.05) is 11.3 Å². The van der Waals surface area contributed by atoms with Crippen LogP contribution >= 0.6 is 11.3 Å². The third kappa shape index (κ3) is 5.34. The zero-order valence-corrected chi connectivity index (χ0v) is 15.8. The van der Waals surface area contributed by atoms with E-state index in [1.54, 1.807) is 0 Å². The van der Waals surface area contributed by atoms with Crippen LogP contribution in [0.2, 0.25) is 0 Å². The van der Waals surface area contributed by atoms with E-state index in [2.05, 4.69) is 69.1 Å². The number of guanidine groups is 1. The molecule has 3 heterocycles. The van der Waals surface area contributed by atoms with Gasteiger partial charge in [-0.25, -0.2) is 0 Å². The van der Waals surface area contributed by atoms with Crippen molar-refractivity contribution in [3.8, 4) is 0 Å². The summed E-state index contributed by atoms with van der Waals surface area (Å²) in [7, 11) is 0. The van der Waals surface area contributed by atoms with E-state index in [9.17, 15) is 0 Å². The molecule has 1 aliphatic heterocycles. The number of hydrogen-bond donors (Lipinski definition) is 2. The largest absolute Gasteiger partial charge is 0.357 e. The van der Waals surface area contributed by atoms with Gasteiger partial charge in [-0.05, 0) is 56.4 Å². The Morgan fingerprint density at radius 3 is 2.68 bits per heavy atom. The molecule has 1 aliphatic rings. The van der Waals surface area contributed by atoms with Crippen LogP contribution in [0.25, 0.3) is 0 Å². The van der Waals surface area contributed by atoms with Gasteiger partial charge in [0.15, 0.2) is 5.96 Å². The summed E-state index contributed by atoms with van der Waals surface area (Å²) in [6, 6.07) is 8.91. The maximum atomic E-state index is 4.88. The first kappa shape index (κ1) is 18.0. The predicted molar refractivity (Wildman–Crippen MR) is 106 cm³/mol. The third-order valence-corrected chi connectivity index (χ3v) is 5.52. The van der Waals surface area contributed by atoms with E-state index in [4.69, 9.17) is 4.99 Å². The van der Waals surface area contributed by atoms with Crippen LogP contribution in [0.5, 0.6) is 0 Å². The second-order valence-corrected chi connectivity index (χ2v) is 7.32. The maximum absolute atomic E-state index is 4.88. The molecule has 136 valence electrons. The summed E-state index contributed by atoms with van der Waals surface area (Å²) in [5.74, 6) is 0.912. The lowest BCUT2D eigenvalue weighted by Gasteiger charge is -2.25. The molecule has 0 aliphatic carbocycles. The van der Waals surface area contributed by atoms with Gasteiger partial charge in [-0.2, -0.15) is 0 Å². The number of rotatable bonds is 8. The molecule has 2 aromatic rings. The molecule has 1 atom stereocenters. The van der Waals surface area contributed by atoms with Gasteiger partial charge in [0.2, 0.25) is 0 Å². The third-order valence-electron chi connectivity index (χ3n) is 4.55.